The van der Waals surface area contributed by atoms with Gasteiger partial charge >= 0.3 is 0 Å². The highest BCUT2D eigenvalue weighted by Crippen LogP contribution is 2.54. The van der Waals surface area contributed by atoms with Gasteiger partial charge < -0.3 is 4.74 Å². The first-order valence-corrected chi connectivity index (χ1v) is 7.21. The van der Waals surface area contributed by atoms with Crippen LogP contribution in [0.15, 0.2) is 12.1 Å². The molecule has 0 radical (unpaired) electrons. The topological polar surface area (TPSA) is 9.23 Å². The molecule has 2 aliphatic rings. The molecule has 0 bridgehead atoms. The first-order chi connectivity index (χ1) is 7.77. The third kappa shape index (κ3) is 1.41. The zero-order chi connectivity index (χ0) is 11.2. The Morgan fingerprint density at radius 2 is 1.94 bits per heavy atom. The summed E-state index contributed by atoms with van der Waals surface area (Å²) >= 11 is 2.47. The van der Waals surface area contributed by atoms with E-state index in [4.69, 9.17) is 4.74 Å². The van der Waals surface area contributed by atoms with Crippen molar-refractivity contribution in [2.75, 3.05) is 7.11 Å². The van der Waals surface area contributed by atoms with Crippen LogP contribution in [0.5, 0.6) is 5.75 Å². The fourth-order valence-corrected chi connectivity index (χ4v) is 4.36. The Morgan fingerprint density at radius 1 is 1.19 bits per heavy atom. The van der Waals surface area contributed by atoms with E-state index >= 15 is 0 Å². The third-order valence-corrected chi connectivity index (χ3v) is 5.39. The van der Waals surface area contributed by atoms with Gasteiger partial charge in [-0.25, -0.2) is 0 Å². The lowest BCUT2D eigenvalue weighted by Gasteiger charge is -2.26. The number of fused-ring (bicyclic) bond motifs is 2. The second-order valence-electron chi connectivity index (χ2n) is 5.09. The lowest BCUT2D eigenvalue weighted by atomic mass is 9.80. The molecule has 0 unspecified atom stereocenters. The second kappa shape index (κ2) is 3.90. The Hall–Kier alpha value is -0.250. The molecule has 1 aromatic carbocycles. The maximum Gasteiger partial charge on any atom is 0.122 e. The number of hydrogen-bond donors (Lipinski definition) is 0. The first kappa shape index (κ1) is 10.9. The summed E-state index contributed by atoms with van der Waals surface area (Å²) in [5.41, 5.74) is 3.60. The second-order valence-corrected chi connectivity index (χ2v) is 6.25. The van der Waals surface area contributed by atoms with Gasteiger partial charge in [-0.05, 0) is 71.4 Å². The lowest BCUT2D eigenvalue weighted by molar-refractivity contribution is 0.377. The minimum atomic E-state index is 0.474. The number of methoxy groups -OCH3 is 1. The summed E-state index contributed by atoms with van der Waals surface area (Å²) < 4.78 is 7.02. The van der Waals surface area contributed by atoms with E-state index in [9.17, 15) is 0 Å². The highest BCUT2D eigenvalue weighted by molar-refractivity contribution is 14.1. The number of halogens is 1. The van der Waals surface area contributed by atoms with E-state index < -0.39 is 0 Å². The Morgan fingerprint density at radius 3 is 2.62 bits per heavy atom. The van der Waals surface area contributed by atoms with Gasteiger partial charge in [0, 0.05) is 9.13 Å². The summed E-state index contributed by atoms with van der Waals surface area (Å²) in [7, 11) is 1.81. The van der Waals surface area contributed by atoms with Crippen molar-refractivity contribution in [1.29, 1.82) is 0 Å². The molecule has 2 aliphatic carbocycles. The summed E-state index contributed by atoms with van der Waals surface area (Å²) in [4.78, 5) is 0. The van der Waals surface area contributed by atoms with Gasteiger partial charge in [-0.1, -0.05) is 12.8 Å². The van der Waals surface area contributed by atoms with Gasteiger partial charge in [-0.2, -0.15) is 0 Å². The molecule has 1 nitrogen and oxygen atoms in total. The normalized spacial score (nSPS) is 21.4. The summed E-state index contributed by atoms with van der Waals surface area (Å²) in [5.74, 6) is 1.13. The number of benzene rings is 1. The monoisotopic (exact) mass is 328 g/mol. The van der Waals surface area contributed by atoms with Crippen LogP contribution < -0.4 is 4.74 Å². The van der Waals surface area contributed by atoms with Crippen LogP contribution >= 0.6 is 22.6 Å². The molecular weight excluding hydrogens is 311 g/mol. The van der Waals surface area contributed by atoms with E-state index in [1.54, 1.807) is 11.1 Å². The number of rotatable bonds is 1. The van der Waals surface area contributed by atoms with E-state index in [0.29, 0.717) is 5.41 Å². The molecule has 0 aliphatic heterocycles. The molecule has 1 spiro atoms. The van der Waals surface area contributed by atoms with Crippen molar-refractivity contribution in [1.82, 2.24) is 0 Å². The van der Waals surface area contributed by atoms with Crippen LogP contribution in [0.3, 0.4) is 0 Å². The highest BCUT2D eigenvalue weighted by atomic mass is 127. The smallest absolute Gasteiger partial charge is 0.122 e. The predicted octanol–water partition coefficient (Wildman–Crippen LogP) is 4.06. The van der Waals surface area contributed by atoms with Gasteiger partial charge in [-0.15, -0.1) is 0 Å². The molecule has 0 amide bonds. The summed E-state index contributed by atoms with van der Waals surface area (Å²) in [5, 5.41) is 0. The van der Waals surface area contributed by atoms with E-state index in [2.05, 4.69) is 34.7 Å². The average Bonchev–Trinajstić information content (AvgIpc) is 2.90. The molecule has 0 heterocycles. The van der Waals surface area contributed by atoms with E-state index in [0.717, 1.165) is 5.75 Å². The highest BCUT2D eigenvalue weighted by Gasteiger charge is 2.43. The van der Waals surface area contributed by atoms with Crippen LogP contribution in [0.1, 0.15) is 43.2 Å². The fourth-order valence-electron chi connectivity index (χ4n) is 3.64. The van der Waals surface area contributed by atoms with Crippen molar-refractivity contribution in [3.05, 3.63) is 26.8 Å². The zero-order valence-corrected chi connectivity index (χ0v) is 11.8. The molecule has 0 saturated heterocycles. The molecule has 3 rings (SSSR count). The Kier molecular flexibility index (Phi) is 2.65. The lowest BCUT2D eigenvalue weighted by Crippen LogP contribution is -2.18. The van der Waals surface area contributed by atoms with Crippen molar-refractivity contribution in [2.24, 2.45) is 0 Å². The maximum absolute atomic E-state index is 5.60. The van der Waals surface area contributed by atoms with Crippen LogP contribution in [0.4, 0.5) is 0 Å². The summed E-state index contributed by atoms with van der Waals surface area (Å²) in [6.45, 7) is 0. The van der Waals surface area contributed by atoms with E-state index in [1.165, 1.54) is 42.1 Å². The van der Waals surface area contributed by atoms with Gasteiger partial charge in [0.1, 0.15) is 5.75 Å². The van der Waals surface area contributed by atoms with Gasteiger partial charge in [-0.3, -0.25) is 0 Å². The zero-order valence-electron chi connectivity index (χ0n) is 9.68. The molecule has 86 valence electrons. The molecular formula is C14H17IO. The van der Waals surface area contributed by atoms with Crippen molar-refractivity contribution < 1.29 is 4.74 Å². The molecule has 16 heavy (non-hydrogen) atoms. The van der Waals surface area contributed by atoms with Crippen molar-refractivity contribution in [2.45, 2.75) is 43.9 Å². The minimum Gasteiger partial charge on any atom is -0.496 e. The van der Waals surface area contributed by atoms with E-state index in [1.807, 2.05) is 7.11 Å². The van der Waals surface area contributed by atoms with Crippen molar-refractivity contribution in [3.63, 3.8) is 0 Å². The fraction of sp³-hybridized carbons (Fsp3) is 0.571. The van der Waals surface area contributed by atoms with Crippen LogP contribution in [0.2, 0.25) is 0 Å². The van der Waals surface area contributed by atoms with Crippen LogP contribution in [-0.2, 0) is 11.8 Å². The van der Waals surface area contributed by atoms with Gasteiger partial charge in [0.05, 0.1) is 7.11 Å². The maximum atomic E-state index is 5.60. The number of hydrogen-bond acceptors (Lipinski definition) is 1. The number of ether oxygens (including phenoxy) is 1. The average molecular weight is 328 g/mol. The predicted molar refractivity (Wildman–Crippen MR) is 74.2 cm³/mol. The van der Waals surface area contributed by atoms with E-state index in [-0.39, 0.29) is 0 Å². The van der Waals surface area contributed by atoms with Crippen LogP contribution in [-0.4, -0.2) is 7.11 Å². The van der Waals surface area contributed by atoms with Crippen molar-refractivity contribution >= 4 is 22.6 Å². The largest absolute Gasteiger partial charge is 0.496 e. The van der Waals surface area contributed by atoms with Gasteiger partial charge in [0.2, 0.25) is 0 Å². The Bertz CT molecular complexity index is 419. The Balaban J connectivity index is 2.19. The molecule has 0 aromatic heterocycles. The van der Waals surface area contributed by atoms with Crippen LogP contribution in [0.25, 0.3) is 0 Å². The molecule has 1 fully saturated rings. The van der Waals surface area contributed by atoms with Crippen molar-refractivity contribution in [3.8, 4) is 5.75 Å². The summed E-state index contributed by atoms with van der Waals surface area (Å²) in [6.07, 6.45) is 8.14. The van der Waals surface area contributed by atoms with Crippen LogP contribution in [0, 0.1) is 3.57 Å². The molecule has 2 heteroatoms. The Labute approximate surface area is 111 Å². The molecule has 0 N–H and O–H groups in total. The summed E-state index contributed by atoms with van der Waals surface area (Å²) in [6, 6.07) is 4.36. The molecule has 1 saturated carbocycles. The van der Waals surface area contributed by atoms with Gasteiger partial charge in [0.15, 0.2) is 0 Å². The SMILES string of the molecule is COc1ccc(I)c2c1C1(CCCC1)CC2. The quantitative estimate of drug-likeness (QED) is 0.707. The third-order valence-electron chi connectivity index (χ3n) is 4.38. The first-order valence-electron chi connectivity index (χ1n) is 6.13. The molecule has 0 atom stereocenters. The van der Waals surface area contributed by atoms with Gasteiger partial charge in [0.25, 0.3) is 0 Å². The standard InChI is InChI=1S/C14H17IO/c1-16-12-5-4-11(15)10-6-9-14(13(10)12)7-2-3-8-14/h4-5H,2-3,6-9H2,1H3. The molecule has 1 aromatic rings. The minimum absolute atomic E-state index is 0.474.